The van der Waals surface area contributed by atoms with Crippen LogP contribution in [0.3, 0.4) is 0 Å². The van der Waals surface area contributed by atoms with E-state index >= 15 is 0 Å². The lowest BCUT2D eigenvalue weighted by atomic mass is 10.2. The minimum Gasteiger partial charge on any atom is -0.399 e. The maximum Gasteiger partial charge on any atom is 0.236 e. The van der Waals surface area contributed by atoms with Gasteiger partial charge in [0, 0.05) is 11.8 Å². The van der Waals surface area contributed by atoms with Gasteiger partial charge in [0.15, 0.2) is 11.6 Å². The molecule has 0 saturated heterocycles. The summed E-state index contributed by atoms with van der Waals surface area (Å²) in [6.45, 7) is 0. The van der Waals surface area contributed by atoms with Gasteiger partial charge < -0.3 is 5.73 Å². The second-order valence-corrected chi connectivity index (χ2v) is 5.96. The van der Waals surface area contributed by atoms with Gasteiger partial charge in [-0.2, -0.15) is 0 Å². The molecule has 4 nitrogen and oxygen atoms in total. The van der Waals surface area contributed by atoms with Gasteiger partial charge in [-0.3, -0.25) is 4.72 Å². The van der Waals surface area contributed by atoms with Gasteiger partial charge in [-0.1, -0.05) is 12.1 Å². The first kappa shape index (κ1) is 14.3. The summed E-state index contributed by atoms with van der Waals surface area (Å²) in [5, 5.41) is 0. The van der Waals surface area contributed by atoms with Crippen LogP contribution in [0, 0.1) is 11.6 Å². The summed E-state index contributed by atoms with van der Waals surface area (Å²) in [7, 11) is -3.73. The molecule has 0 aliphatic heterocycles. The molecule has 0 amide bonds. The van der Waals surface area contributed by atoms with E-state index in [9.17, 15) is 17.2 Å². The first-order valence-corrected chi connectivity index (χ1v) is 7.31. The number of benzene rings is 2. The van der Waals surface area contributed by atoms with Crippen LogP contribution in [0.15, 0.2) is 42.5 Å². The van der Waals surface area contributed by atoms with Gasteiger partial charge in [0.2, 0.25) is 10.0 Å². The van der Waals surface area contributed by atoms with Gasteiger partial charge in [0.1, 0.15) is 0 Å². The van der Waals surface area contributed by atoms with Gasteiger partial charge in [-0.25, -0.2) is 17.2 Å². The molecule has 3 N–H and O–H groups in total. The van der Waals surface area contributed by atoms with Crippen molar-refractivity contribution < 1.29 is 17.2 Å². The normalized spacial score (nSPS) is 11.3. The number of nitrogens with two attached hydrogens (primary N) is 1. The van der Waals surface area contributed by atoms with Gasteiger partial charge >= 0.3 is 0 Å². The van der Waals surface area contributed by atoms with Crippen molar-refractivity contribution in [3.8, 4) is 0 Å². The first-order valence-electron chi connectivity index (χ1n) is 5.66. The van der Waals surface area contributed by atoms with E-state index < -0.39 is 21.7 Å². The van der Waals surface area contributed by atoms with E-state index in [1.807, 2.05) is 0 Å². The second-order valence-electron chi connectivity index (χ2n) is 4.24. The van der Waals surface area contributed by atoms with Crippen LogP contribution in [0.5, 0.6) is 0 Å². The maximum absolute atomic E-state index is 13.0. The average molecular weight is 298 g/mol. The largest absolute Gasteiger partial charge is 0.399 e. The maximum atomic E-state index is 13.0. The molecular weight excluding hydrogens is 286 g/mol. The number of halogens is 2. The summed E-state index contributed by atoms with van der Waals surface area (Å²) in [5.74, 6) is -2.46. The summed E-state index contributed by atoms with van der Waals surface area (Å²) in [5.41, 5.74) is 6.48. The summed E-state index contributed by atoms with van der Waals surface area (Å²) < 4.78 is 51.8. The number of hydrogen-bond donors (Lipinski definition) is 2. The fourth-order valence-corrected chi connectivity index (χ4v) is 2.85. The Hall–Kier alpha value is -2.15. The van der Waals surface area contributed by atoms with Crippen LogP contribution in [0.25, 0.3) is 0 Å². The third-order valence-corrected chi connectivity index (χ3v) is 3.76. The summed E-state index contributed by atoms with van der Waals surface area (Å²) in [6.07, 6.45) is 0. The fourth-order valence-electron chi connectivity index (χ4n) is 1.68. The van der Waals surface area contributed by atoms with E-state index in [2.05, 4.69) is 4.72 Å². The highest BCUT2D eigenvalue weighted by Gasteiger charge is 2.13. The van der Waals surface area contributed by atoms with Crippen LogP contribution in [0.2, 0.25) is 0 Å². The standard InChI is InChI=1S/C13H12F2N2O2S/c14-12-5-4-11(7-13(12)15)17-20(18,19)8-9-2-1-3-10(16)6-9/h1-7,17H,8,16H2. The van der Waals surface area contributed by atoms with Crippen LogP contribution in [0.1, 0.15) is 5.56 Å². The lowest BCUT2D eigenvalue weighted by molar-refractivity contribution is 0.509. The van der Waals surface area contributed by atoms with Crippen LogP contribution >= 0.6 is 0 Å². The Morgan fingerprint density at radius 2 is 1.80 bits per heavy atom. The minimum atomic E-state index is -3.73. The van der Waals surface area contributed by atoms with Crippen LogP contribution in [-0.2, 0) is 15.8 Å². The Bertz CT molecular complexity index is 733. The summed E-state index contributed by atoms with van der Waals surface area (Å²) >= 11 is 0. The van der Waals surface area contributed by atoms with Crippen LogP contribution in [0.4, 0.5) is 20.2 Å². The van der Waals surface area contributed by atoms with E-state index in [1.165, 1.54) is 6.07 Å². The summed E-state index contributed by atoms with van der Waals surface area (Å²) in [4.78, 5) is 0. The molecule has 0 atom stereocenters. The Balaban J connectivity index is 2.17. The monoisotopic (exact) mass is 298 g/mol. The predicted molar refractivity (Wildman–Crippen MR) is 73.5 cm³/mol. The van der Waals surface area contributed by atoms with E-state index in [0.717, 1.165) is 18.2 Å². The van der Waals surface area contributed by atoms with Crippen molar-refractivity contribution in [3.63, 3.8) is 0 Å². The van der Waals surface area contributed by atoms with E-state index in [4.69, 9.17) is 5.73 Å². The third kappa shape index (κ3) is 3.67. The highest BCUT2D eigenvalue weighted by molar-refractivity contribution is 7.91. The van der Waals surface area contributed by atoms with Gasteiger partial charge in [-0.05, 0) is 29.8 Å². The van der Waals surface area contributed by atoms with Gasteiger partial charge in [0.05, 0.1) is 11.4 Å². The lowest BCUT2D eigenvalue weighted by Gasteiger charge is -2.08. The molecule has 2 aromatic carbocycles. The van der Waals surface area contributed by atoms with E-state index in [0.29, 0.717) is 11.3 Å². The van der Waals surface area contributed by atoms with Crippen molar-refractivity contribution in [2.24, 2.45) is 0 Å². The highest BCUT2D eigenvalue weighted by atomic mass is 32.2. The average Bonchev–Trinajstić information content (AvgIpc) is 2.33. The molecule has 2 aromatic rings. The van der Waals surface area contributed by atoms with Gasteiger partial charge in [-0.15, -0.1) is 0 Å². The predicted octanol–water partition coefficient (Wildman–Crippen LogP) is 2.49. The molecular formula is C13H12F2N2O2S. The van der Waals surface area contributed by atoms with Gasteiger partial charge in [0.25, 0.3) is 0 Å². The topological polar surface area (TPSA) is 72.2 Å². The molecule has 0 radical (unpaired) electrons. The van der Waals surface area contributed by atoms with Crippen molar-refractivity contribution in [2.45, 2.75) is 5.75 Å². The molecule has 7 heteroatoms. The molecule has 0 saturated carbocycles. The summed E-state index contributed by atoms with van der Waals surface area (Å²) in [6, 6.07) is 9.21. The van der Waals surface area contributed by atoms with Crippen LogP contribution < -0.4 is 10.5 Å². The molecule has 106 valence electrons. The quantitative estimate of drug-likeness (QED) is 0.852. The molecule has 20 heavy (non-hydrogen) atoms. The molecule has 0 fully saturated rings. The Labute approximate surface area is 115 Å². The number of nitrogens with one attached hydrogen (secondary N) is 1. The molecule has 2 rings (SSSR count). The Kier molecular flexibility index (Phi) is 3.89. The minimum absolute atomic E-state index is 0.0344. The molecule has 0 aliphatic rings. The number of sulfonamides is 1. The third-order valence-electron chi connectivity index (χ3n) is 2.50. The van der Waals surface area contributed by atoms with E-state index in [-0.39, 0.29) is 11.4 Å². The molecule has 0 aliphatic carbocycles. The zero-order valence-electron chi connectivity index (χ0n) is 10.3. The molecule has 0 spiro atoms. The Morgan fingerprint density at radius 3 is 2.45 bits per heavy atom. The van der Waals surface area contributed by atoms with E-state index in [1.54, 1.807) is 18.2 Å². The molecule has 0 heterocycles. The first-order chi connectivity index (χ1) is 9.35. The van der Waals surface area contributed by atoms with Crippen molar-refractivity contribution in [1.82, 2.24) is 0 Å². The number of nitrogen functional groups attached to an aromatic ring is 1. The Morgan fingerprint density at radius 1 is 1.05 bits per heavy atom. The zero-order valence-corrected chi connectivity index (χ0v) is 11.1. The van der Waals surface area contributed by atoms with Crippen molar-refractivity contribution in [3.05, 3.63) is 59.7 Å². The van der Waals surface area contributed by atoms with Crippen molar-refractivity contribution in [1.29, 1.82) is 0 Å². The SMILES string of the molecule is Nc1cccc(CS(=O)(=O)Nc2ccc(F)c(F)c2)c1. The van der Waals surface area contributed by atoms with Crippen molar-refractivity contribution >= 4 is 21.4 Å². The van der Waals surface area contributed by atoms with Crippen molar-refractivity contribution in [2.75, 3.05) is 10.5 Å². The number of rotatable bonds is 4. The molecule has 0 aromatic heterocycles. The smallest absolute Gasteiger partial charge is 0.236 e. The van der Waals surface area contributed by atoms with Crippen LogP contribution in [-0.4, -0.2) is 8.42 Å². The lowest BCUT2D eigenvalue weighted by Crippen LogP contribution is -2.15. The number of hydrogen-bond acceptors (Lipinski definition) is 3. The zero-order chi connectivity index (χ0) is 14.8. The number of anilines is 2. The highest BCUT2D eigenvalue weighted by Crippen LogP contribution is 2.17. The molecule has 0 unspecified atom stereocenters. The second kappa shape index (κ2) is 5.46. The fraction of sp³-hybridized carbons (Fsp3) is 0.0769. The molecule has 0 bridgehead atoms.